The minimum absolute atomic E-state index is 0.152. The molecule has 2 heterocycles. The number of aromatic nitrogens is 3. The third-order valence-electron chi connectivity index (χ3n) is 2.66. The van der Waals surface area contributed by atoms with Gasteiger partial charge in [-0.2, -0.15) is 5.10 Å². The number of nitrogens with zero attached hydrogens (tertiary/aromatic N) is 2. The Morgan fingerprint density at radius 1 is 1.26 bits per heavy atom. The van der Waals surface area contributed by atoms with Gasteiger partial charge in [0.1, 0.15) is 17.0 Å². The summed E-state index contributed by atoms with van der Waals surface area (Å²) in [5.74, 6) is -0.859. The first kappa shape index (κ1) is 11.3. The van der Waals surface area contributed by atoms with E-state index in [0.717, 1.165) is 0 Å². The lowest BCUT2D eigenvalue weighted by molar-refractivity contribution is 0.102. The lowest BCUT2D eigenvalue weighted by Gasteiger charge is -2.04. The number of carbonyl (C=O) groups excluding carboxylic acids is 1. The monoisotopic (exact) mass is 256 g/mol. The molecule has 2 aromatic heterocycles. The van der Waals surface area contributed by atoms with Gasteiger partial charge in [-0.25, -0.2) is 9.37 Å². The number of H-pyrrole nitrogens is 1. The minimum atomic E-state index is -0.449. The van der Waals surface area contributed by atoms with Gasteiger partial charge in [-0.3, -0.25) is 9.89 Å². The smallest absolute Gasteiger partial charge is 0.274 e. The van der Waals surface area contributed by atoms with Crippen LogP contribution in [0, 0.1) is 5.82 Å². The van der Waals surface area contributed by atoms with Gasteiger partial charge in [0.15, 0.2) is 0 Å². The van der Waals surface area contributed by atoms with Crippen LogP contribution in [0.1, 0.15) is 10.5 Å². The Labute approximate surface area is 107 Å². The van der Waals surface area contributed by atoms with Gasteiger partial charge in [0, 0.05) is 11.6 Å². The van der Waals surface area contributed by atoms with Crippen molar-refractivity contribution >= 4 is 22.5 Å². The third kappa shape index (κ3) is 2.15. The molecule has 3 rings (SSSR count). The summed E-state index contributed by atoms with van der Waals surface area (Å²) < 4.78 is 13.6. The van der Waals surface area contributed by atoms with Gasteiger partial charge in [0.25, 0.3) is 5.91 Å². The van der Waals surface area contributed by atoms with Crippen molar-refractivity contribution in [2.75, 3.05) is 5.32 Å². The fraction of sp³-hybridized carbons (Fsp3) is 0. The van der Waals surface area contributed by atoms with Gasteiger partial charge in [-0.15, -0.1) is 0 Å². The zero-order valence-corrected chi connectivity index (χ0v) is 9.72. The van der Waals surface area contributed by atoms with Crippen LogP contribution in [0.3, 0.4) is 0 Å². The van der Waals surface area contributed by atoms with E-state index in [9.17, 15) is 9.18 Å². The molecule has 1 aromatic carbocycles. The predicted octanol–water partition coefficient (Wildman–Crippen LogP) is 2.35. The van der Waals surface area contributed by atoms with Crippen molar-refractivity contribution in [1.82, 2.24) is 15.2 Å². The highest BCUT2D eigenvalue weighted by Crippen LogP contribution is 2.16. The van der Waals surface area contributed by atoms with Gasteiger partial charge in [0.2, 0.25) is 0 Å². The summed E-state index contributed by atoms with van der Waals surface area (Å²) in [6, 6.07) is 7.87. The molecule has 3 aromatic rings. The first-order valence-corrected chi connectivity index (χ1v) is 5.59. The lowest BCUT2D eigenvalue weighted by Crippen LogP contribution is -2.13. The average molecular weight is 256 g/mol. The number of pyridine rings is 1. The number of hydrogen-bond donors (Lipinski definition) is 2. The van der Waals surface area contributed by atoms with Crippen LogP contribution in [-0.2, 0) is 0 Å². The Hall–Kier alpha value is -2.76. The Morgan fingerprint density at radius 2 is 2.16 bits per heavy atom. The molecular formula is C13H9FN4O. The highest BCUT2D eigenvalue weighted by molar-refractivity contribution is 6.03. The molecule has 0 saturated carbocycles. The van der Waals surface area contributed by atoms with Gasteiger partial charge >= 0.3 is 0 Å². The first-order valence-electron chi connectivity index (χ1n) is 5.59. The zero-order chi connectivity index (χ0) is 13.2. The van der Waals surface area contributed by atoms with Crippen molar-refractivity contribution in [3.8, 4) is 0 Å². The van der Waals surface area contributed by atoms with Crippen LogP contribution in [0.15, 0.2) is 42.7 Å². The molecule has 0 aliphatic carbocycles. The van der Waals surface area contributed by atoms with Crippen LogP contribution in [0.2, 0.25) is 0 Å². The summed E-state index contributed by atoms with van der Waals surface area (Å²) in [5, 5.41) is 9.55. The molecule has 0 radical (unpaired) electrons. The second-order valence-electron chi connectivity index (χ2n) is 3.95. The first-order chi connectivity index (χ1) is 9.24. The van der Waals surface area contributed by atoms with E-state index in [2.05, 4.69) is 20.5 Å². The van der Waals surface area contributed by atoms with Gasteiger partial charge < -0.3 is 5.32 Å². The quantitative estimate of drug-likeness (QED) is 0.739. The molecule has 0 saturated heterocycles. The molecule has 0 aliphatic heterocycles. The highest BCUT2D eigenvalue weighted by Gasteiger charge is 2.10. The maximum atomic E-state index is 13.6. The average Bonchev–Trinajstić information content (AvgIpc) is 2.92. The molecule has 19 heavy (non-hydrogen) atoms. The van der Waals surface area contributed by atoms with Crippen molar-refractivity contribution in [2.45, 2.75) is 0 Å². The van der Waals surface area contributed by atoms with Crippen molar-refractivity contribution in [2.24, 2.45) is 0 Å². The molecule has 5 nitrogen and oxygen atoms in total. The number of anilines is 1. The Morgan fingerprint density at radius 3 is 2.95 bits per heavy atom. The summed E-state index contributed by atoms with van der Waals surface area (Å²) in [6.07, 6.45) is 3.01. The lowest BCUT2D eigenvalue weighted by atomic mass is 10.2. The van der Waals surface area contributed by atoms with Crippen molar-refractivity contribution in [1.29, 1.82) is 0 Å². The summed E-state index contributed by atoms with van der Waals surface area (Å²) in [5.41, 5.74) is 0.863. The van der Waals surface area contributed by atoms with E-state index in [4.69, 9.17) is 0 Å². The van der Waals surface area contributed by atoms with E-state index in [1.165, 1.54) is 12.3 Å². The predicted molar refractivity (Wildman–Crippen MR) is 68.2 cm³/mol. The number of nitrogens with one attached hydrogen (secondary N) is 2. The Kier molecular flexibility index (Phi) is 2.68. The molecular weight excluding hydrogens is 247 g/mol. The molecule has 6 heteroatoms. The normalized spacial score (nSPS) is 10.6. The Balaban J connectivity index is 1.97. The van der Waals surface area contributed by atoms with Crippen LogP contribution >= 0.6 is 0 Å². The van der Waals surface area contributed by atoms with E-state index in [-0.39, 0.29) is 11.2 Å². The van der Waals surface area contributed by atoms with E-state index < -0.39 is 11.7 Å². The molecule has 0 unspecified atom stereocenters. The summed E-state index contributed by atoms with van der Waals surface area (Å²) in [6.45, 7) is 0. The van der Waals surface area contributed by atoms with E-state index in [0.29, 0.717) is 11.1 Å². The van der Waals surface area contributed by atoms with Crippen LogP contribution in [0.4, 0.5) is 10.1 Å². The van der Waals surface area contributed by atoms with Crippen molar-refractivity contribution in [3.05, 3.63) is 54.2 Å². The number of rotatable bonds is 2. The maximum absolute atomic E-state index is 13.6. The van der Waals surface area contributed by atoms with Crippen LogP contribution in [0.25, 0.3) is 10.9 Å². The summed E-state index contributed by atoms with van der Waals surface area (Å²) in [4.78, 5) is 16.0. The van der Waals surface area contributed by atoms with Crippen molar-refractivity contribution < 1.29 is 9.18 Å². The largest absolute Gasteiger partial charge is 0.318 e. The van der Waals surface area contributed by atoms with Crippen LogP contribution in [0.5, 0.6) is 0 Å². The fourth-order valence-corrected chi connectivity index (χ4v) is 1.75. The van der Waals surface area contributed by atoms with E-state index in [1.54, 1.807) is 30.5 Å². The number of benzene rings is 1. The summed E-state index contributed by atoms with van der Waals surface area (Å²) in [7, 11) is 0. The molecule has 0 fully saturated rings. The molecule has 94 valence electrons. The number of fused-ring (bicyclic) bond motifs is 1. The summed E-state index contributed by atoms with van der Waals surface area (Å²) >= 11 is 0. The van der Waals surface area contributed by atoms with Gasteiger partial charge in [-0.1, -0.05) is 18.2 Å². The standard InChI is InChI=1S/C13H9FN4O/c14-10-3-1-2-8-4-5-11(18-12(8)10)13(19)17-9-6-15-16-7-9/h1-7H,(H,15,16)(H,17,19). The minimum Gasteiger partial charge on any atom is -0.318 e. The van der Waals surface area contributed by atoms with E-state index in [1.807, 2.05) is 0 Å². The number of carbonyl (C=O) groups is 1. The molecule has 0 spiro atoms. The van der Waals surface area contributed by atoms with Crippen LogP contribution < -0.4 is 5.32 Å². The molecule has 0 bridgehead atoms. The molecule has 2 N–H and O–H groups in total. The molecule has 0 aliphatic rings. The topological polar surface area (TPSA) is 70.7 Å². The van der Waals surface area contributed by atoms with Crippen molar-refractivity contribution in [3.63, 3.8) is 0 Å². The van der Waals surface area contributed by atoms with Gasteiger partial charge in [-0.05, 0) is 12.1 Å². The number of hydrogen-bond acceptors (Lipinski definition) is 3. The van der Waals surface area contributed by atoms with E-state index >= 15 is 0 Å². The SMILES string of the molecule is O=C(Nc1cn[nH]c1)c1ccc2cccc(F)c2n1. The number of halogens is 1. The molecule has 0 atom stereocenters. The third-order valence-corrected chi connectivity index (χ3v) is 2.66. The van der Waals surface area contributed by atoms with Crippen LogP contribution in [-0.4, -0.2) is 21.1 Å². The Bertz CT molecular complexity index is 739. The number of para-hydroxylation sites is 1. The second kappa shape index (κ2) is 4.49. The zero-order valence-electron chi connectivity index (χ0n) is 9.72. The second-order valence-corrected chi connectivity index (χ2v) is 3.95. The number of aromatic amines is 1. The highest BCUT2D eigenvalue weighted by atomic mass is 19.1. The fourth-order valence-electron chi connectivity index (χ4n) is 1.75. The maximum Gasteiger partial charge on any atom is 0.274 e. The molecule has 1 amide bonds. The van der Waals surface area contributed by atoms with Gasteiger partial charge in [0.05, 0.1) is 11.9 Å². The number of amides is 1.